The fourth-order valence-corrected chi connectivity index (χ4v) is 4.66. The molecule has 1 aromatic rings. The Kier molecular flexibility index (Phi) is 6.79. The lowest BCUT2D eigenvalue weighted by Gasteiger charge is -2.15. The molecular weight excluding hydrogens is 271 g/mol. The highest BCUT2D eigenvalue weighted by molar-refractivity contribution is 8.54. The number of ether oxygens (including phenoxy) is 1. The Hall–Kier alpha value is -0.480. The Bertz CT molecular complexity index is 384. The molecule has 0 fully saturated rings. The Balaban J connectivity index is 2.58. The second-order valence-electron chi connectivity index (χ2n) is 3.40. The molecule has 18 heavy (non-hydrogen) atoms. The Morgan fingerprint density at radius 1 is 1.11 bits per heavy atom. The third-order valence-electron chi connectivity index (χ3n) is 2.12. The van der Waals surface area contributed by atoms with E-state index in [1.165, 1.54) is 11.4 Å². The number of methoxy groups -OCH3 is 1. The molecule has 0 radical (unpaired) electrons. The molecule has 1 aromatic carbocycles. The van der Waals surface area contributed by atoms with Crippen LogP contribution in [0.15, 0.2) is 24.3 Å². The van der Waals surface area contributed by atoms with Crippen LogP contribution in [0.3, 0.4) is 0 Å². The quantitative estimate of drug-likeness (QED) is 0.674. The van der Waals surface area contributed by atoms with E-state index in [-0.39, 0.29) is 0 Å². The minimum absolute atomic E-state index is 0.382. The van der Waals surface area contributed by atoms with Crippen LogP contribution in [-0.4, -0.2) is 20.3 Å². The van der Waals surface area contributed by atoms with E-state index in [1.54, 1.807) is 21.0 Å². The largest absolute Gasteiger partial charge is 0.497 e. The van der Waals surface area contributed by atoms with Crippen molar-refractivity contribution < 1.29 is 18.3 Å². The number of hydrogen-bond acceptors (Lipinski definition) is 5. The van der Waals surface area contributed by atoms with Gasteiger partial charge in [0.1, 0.15) is 5.75 Å². The maximum Gasteiger partial charge on any atom is 0.389 e. The van der Waals surface area contributed by atoms with Gasteiger partial charge in [-0.25, -0.2) is 4.57 Å². The summed E-state index contributed by atoms with van der Waals surface area (Å²) in [4.78, 5) is 0. The van der Waals surface area contributed by atoms with E-state index in [9.17, 15) is 4.57 Å². The molecule has 0 heterocycles. The molecule has 0 amide bonds. The van der Waals surface area contributed by atoms with Crippen LogP contribution in [-0.2, 0) is 19.4 Å². The van der Waals surface area contributed by atoms with Gasteiger partial charge in [0, 0.05) is 5.75 Å². The summed E-state index contributed by atoms with van der Waals surface area (Å²) in [5, 5.41) is 0. The molecule has 0 saturated heterocycles. The molecule has 0 aliphatic carbocycles. The minimum Gasteiger partial charge on any atom is -0.497 e. The molecule has 0 aliphatic rings. The van der Waals surface area contributed by atoms with Crippen LogP contribution in [0.1, 0.15) is 19.4 Å². The second-order valence-corrected chi connectivity index (χ2v) is 7.48. The summed E-state index contributed by atoms with van der Waals surface area (Å²) in [6, 6.07) is 7.63. The van der Waals surface area contributed by atoms with Crippen LogP contribution in [0.4, 0.5) is 0 Å². The lowest BCUT2D eigenvalue weighted by atomic mass is 10.2. The molecule has 1 rings (SSSR count). The van der Waals surface area contributed by atoms with Crippen molar-refractivity contribution in [3.8, 4) is 5.75 Å². The number of benzene rings is 1. The molecule has 0 N–H and O–H groups in total. The van der Waals surface area contributed by atoms with Crippen LogP contribution in [0.5, 0.6) is 5.75 Å². The van der Waals surface area contributed by atoms with Crippen molar-refractivity contribution in [3.05, 3.63) is 29.8 Å². The average molecular weight is 290 g/mol. The van der Waals surface area contributed by atoms with Crippen molar-refractivity contribution in [2.75, 3.05) is 20.3 Å². The average Bonchev–Trinajstić information content (AvgIpc) is 2.38. The zero-order valence-electron chi connectivity index (χ0n) is 10.9. The molecular formula is C12H19O4PS. The Morgan fingerprint density at radius 2 is 1.67 bits per heavy atom. The van der Waals surface area contributed by atoms with Gasteiger partial charge in [0.25, 0.3) is 0 Å². The van der Waals surface area contributed by atoms with E-state index in [4.69, 9.17) is 13.8 Å². The second kappa shape index (κ2) is 7.85. The maximum atomic E-state index is 12.2. The summed E-state index contributed by atoms with van der Waals surface area (Å²) in [7, 11) is 1.63. The Morgan fingerprint density at radius 3 is 2.11 bits per heavy atom. The fourth-order valence-electron chi connectivity index (χ4n) is 1.30. The Labute approximate surface area is 112 Å². The van der Waals surface area contributed by atoms with Gasteiger partial charge in [-0.2, -0.15) is 0 Å². The summed E-state index contributed by atoms with van der Waals surface area (Å²) in [6.45, 7) is 1.36. The highest BCUT2D eigenvalue weighted by Crippen LogP contribution is 2.61. The minimum atomic E-state index is -3.02. The summed E-state index contributed by atoms with van der Waals surface area (Å²) >= 11 is 1.21. The van der Waals surface area contributed by atoms with Gasteiger partial charge in [-0.05, 0) is 42.9 Å². The summed E-state index contributed by atoms with van der Waals surface area (Å²) in [5.74, 6) is 1.39. The van der Waals surface area contributed by atoms with Crippen molar-refractivity contribution in [1.29, 1.82) is 0 Å². The standard InChI is InChI=1S/C12H19O4PS/c1-4-15-17(13,16-5-2)18-10-11-6-8-12(14-3)9-7-11/h6-9H,4-5,10H2,1-3H3. The SMILES string of the molecule is CCOP(=O)(OCC)SCc1ccc(OC)cc1. The summed E-state index contributed by atoms with van der Waals surface area (Å²) in [5.41, 5.74) is 1.06. The monoisotopic (exact) mass is 290 g/mol. The van der Waals surface area contributed by atoms with Crippen LogP contribution in [0, 0.1) is 0 Å². The molecule has 0 aromatic heterocycles. The first-order chi connectivity index (χ1) is 8.63. The van der Waals surface area contributed by atoms with Gasteiger partial charge >= 0.3 is 6.80 Å². The predicted octanol–water partition coefficient (Wildman–Crippen LogP) is 4.11. The van der Waals surface area contributed by atoms with Gasteiger partial charge in [0.05, 0.1) is 20.3 Å². The van der Waals surface area contributed by atoms with Gasteiger partial charge in [0.2, 0.25) is 0 Å². The van der Waals surface area contributed by atoms with Gasteiger partial charge in [-0.15, -0.1) is 0 Å². The van der Waals surface area contributed by atoms with Crippen molar-refractivity contribution in [3.63, 3.8) is 0 Å². The molecule has 0 aliphatic heterocycles. The molecule has 6 heteroatoms. The first-order valence-electron chi connectivity index (χ1n) is 5.80. The lowest BCUT2D eigenvalue weighted by molar-refractivity contribution is 0.237. The first-order valence-corrected chi connectivity index (χ1v) is 8.93. The van der Waals surface area contributed by atoms with E-state index in [1.807, 2.05) is 24.3 Å². The van der Waals surface area contributed by atoms with Crippen molar-refractivity contribution in [2.24, 2.45) is 0 Å². The van der Waals surface area contributed by atoms with E-state index in [0.29, 0.717) is 19.0 Å². The normalized spacial score (nSPS) is 11.5. The van der Waals surface area contributed by atoms with Crippen molar-refractivity contribution >= 4 is 18.2 Å². The molecule has 0 saturated carbocycles. The molecule has 0 unspecified atom stereocenters. The van der Waals surface area contributed by atoms with Crippen molar-refractivity contribution in [2.45, 2.75) is 19.6 Å². The third-order valence-corrected chi connectivity index (χ3v) is 6.02. The molecule has 0 atom stereocenters. The molecule has 0 bridgehead atoms. The summed E-state index contributed by atoms with van der Waals surface area (Å²) in [6.07, 6.45) is 0. The number of hydrogen-bond donors (Lipinski definition) is 0. The fraction of sp³-hybridized carbons (Fsp3) is 0.500. The van der Waals surface area contributed by atoms with E-state index in [2.05, 4.69) is 0 Å². The van der Waals surface area contributed by atoms with E-state index < -0.39 is 6.80 Å². The molecule has 4 nitrogen and oxygen atoms in total. The topological polar surface area (TPSA) is 44.8 Å². The van der Waals surface area contributed by atoms with Gasteiger partial charge in [-0.1, -0.05) is 12.1 Å². The van der Waals surface area contributed by atoms with E-state index >= 15 is 0 Å². The smallest absolute Gasteiger partial charge is 0.389 e. The van der Waals surface area contributed by atoms with Crippen LogP contribution < -0.4 is 4.74 Å². The van der Waals surface area contributed by atoms with E-state index in [0.717, 1.165) is 11.3 Å². The van der Waals surface area contributed by atoms with Gasteiger partial charge < -0.3 is 13.8 Å². The van der Waals surface area contributed by atoms with Gasteiger partial charge in [0.15, 0.2) is 0 Å². The number of rotatable bonds is 8. The lowest BCUT2D eigenvalue weighted by Crippen LogP contribution is -1.93. The highest BCUT2D eigenvalue weighted by Gasteiger charge is 2.24. The maximum absolute atomic E-state index is 12.2. The molecule has 0 spiro atoms. The summed E-state index contributed by atoms with van der Waals surface area (Å²) < 4.78 is 27.7. The van der Waals surface area contributed by atoms with Crippen LogP contribution in [0.25, 0.3) is 0 Å². The highest BCUT2D eigenvalue weighted by atomic mass is 32.7. The molecule has 102 valence electrons. The van der Waals surface area contributed by atoms with Crippen LogP contribution >= 0.6 is 18.2 Å². The zero-order valence-corrected chi connectivity index (χ0v) is 12.6. The first kappa shape index (κ1) is 15.6. The third kappa shape index (κ3) is 5.02. The zero-order chi connectivity index (χ0) is 13.4. The van der Waals surface area contributed by atoms with Crippen molar-refractivity contribution in [1.82, 2.24) is 0 Å². The predicted molar refractivity (Wildman–Crippen MR) is 75.1 cm³/mol. The van der Waals surface area contributed by atoms with Crippen LogP contribution in [0.2, 0.25) is 0 Å². The van der Waals surface area contributed by atoms with Gasteiger partial charge in [-0.3, -0.25) is 0 Å².